The van der Waals surface area contributed by atoms with E-state index in [2.05, 4.69) is 10.3 Å². The van der Waals surface area contributed by atoms with E-state index in [4.69, 9.17) is 5.73 Å². The molecule has 2 heterocycles. The van der Waals surface area contributed by atoms with Gasteiger partial charge in [-0.1, -0.05) is 0 Å². The monoisotopic (exact) mass is 428 g/mol. The molecule has 0 radical (unpaired) electrons. The molecule has 31 heavy (non-hydrogen) atoms. The van der Waals surface area contributed by atoms with Crippen molar-refractivity contribution in [2.75, 3.05) is 11.4 Å². The fourth-order valence-corrected chi connectivity index (χ4v) is 3.62. The molecule has 1 fully saturated rings. The molecule has 10 heteroatoms. The van der Waals surface area contributed by atoms with Crippen LogP contribution in [-0.2, 0) is 16.1 Å². The molecule has 0 bridgehead atoms. The second-order valence-corrected chi connectivity index (χ2v) is 7.35. The summed E-state index contributed by atoms with van der Waals surface area (Å²) in [5.41, 5.74) is 4.39. The third-order valence-electron chi connectivity index (χ3n) is 5.23. The first kappa shape index (κ1) is 20.5. The number of benzene rings is 2. The summed E-state index contributed by atoms with van der Waals surface area (Å²) in [6.07, 6.45) is -0.160. The van der Waals surface area contributed by atoms with E-state index < -0.39 is 35.0 Å². The molecule has 1 saturated heterocycles. The van der Waals surface area contributed by atoms with E-state index >= 15 is 0 Å². The van der Waals surface area contributed by atoms with Gasteiger partial charge in [0, 0.05) is 42.2 Å². The molecular weight excluding hydrogens is 410 g/mol. The van der Waals surface area contributed by atoms with Crippen LogP contribution in [0.25, 0.3) is 10.9 Å². The Labute approximate surface area is 174 Å². The van der Waals surface area contributed by atoms with Crippen LogP contribution < -0.4 is 16.0 Å². The number of rotatable bonds is 5. The maximum absolute atomic E-state index is 13.3. The highest BCUT2D eigenvalue weighted by Gasteiger charge is 2.51. The summed E-state index contributed by atoms with van der Waals surface area (Å²) in [7, 11) is 0. The highest BCUT2D eigenvalue weighted by Crippen LogP contribution is 2.31. The smallest absolute Gasteiger partial charge is 0.268 e. The molecule has 1 aliphatic heterocycles. The predicted molar refractivity (Wildman–Crippen MR) is 107 cm³/mol. The Morgan fingerprint density at radius 1 is 1.16 bits per heavy atom. The highest BCUT2D eigenvalue weighted by molar-refractivity contribution is 6.16. The Kier molecular flexibility index (Phi) is 4.94. The normalized spacial score (nSPS) is 18.5. The van der Waals surface area contributed by atoms with E-state index in [0.29, 0.717) is 22.7 Å². The first-order valence-electron chi connectivity index (χ1n) is 9.37. The number of carbonyl (C=O) groups is 3. The van der Waals surface area contributed by atoms with Crippen LogP contribution in [0.2, 0.25) is 0 Å². The predicted octanol–water partition coefficient (Wildman–Crippen LogP) is 1.33. The lowest BCUT2D eigenvalue weighted by Crippen LogP contribution is -2.52. The van der Waals surface area contributed by atoms with Crippen LogP contribution in [0.15, 0.2) is 42.5 Å². The van der Waals surface area contributed by atoms with Gasteiger partial charge in [0.1, 0.15) is 17.3 Å². The number of H-pyrrole nitrogens is 1. The van der Waals surface area contributed by atoms with Crippen LogP contribution in [0, 0.1) is 11.6 Å². The third-order valence-corrected chi connectivity index (χ3v) is 5.23. The lowest BCUT2D eigenvalue weighted by Gasteiger charge is -2.22. The molecule has 8 nitrogen and oxygen atoms in total. The number of nitrogens with zero attached hydrogens (tertiary/aromatic N) is 1. The quantitative estimate of drug-likeness (QED) is 0.457. The van der Waals surface area contributed by atoms with Crippen molar-refractivity contribution in [3.05, 3.63) is 65.4 Å². The first-order chi connectivity index (χ1) is 14.7. The van der Waals surface area contributed by atoms with Gasteiger partial charge in [-0.25, -0.2) is 8.78 Å². The van der Waals surface area contributed by atoms with E-state index in [1.54, 1.807) is 24.3 Å². The second kappa shape index (κ2) is 7.47. The average Bonchev–Trinajstić information content (AvgIpc) is 3.27. The molecule has 0 spiro atoms. The molecule has 3 amide bonds. The zero-order valence-electron chi connectivity index (χ0n) is 16.1. The number of hydrogen-bond donors (Lipinski definition) is 4. The van der Waals surface area contributed by atoms with Gasteiger partial charge in [-0.2, -0.15) is 0 Å². The van der Waals surface area contributed by atoms with Crippen LogP contribution in [0.4, 0.5) is 14.5 Å². The Morgan fingerprint density at radius 2 is 1.87 bits per heavy atom. The van der Waals surface area contributed by atoms with Gasteiger partial charge in [-0.3, -0.25) is 14.4 Å². The summed E-state index contributed by atoms with van der Waals surface area (Å²) in [5.74, 6) is -4.00. The van der Waals surface area contributed by atoms with Crippen LogP contribution in [0.5, 0.6) is 0 Å². The van der Waals surface area contributed by atoms with Gasteiger partial charge in [0.05, 0.1) is 0 Å². The number of anilines is 1. The summed E-state index contributed by atoms with van der Waals surface area (Å²) in [5, 5.41) is 13.7. The molecular formula is C21H18F2N4O4. The van der Waals surface area contributed by atoms with E-state index in [1.807, 2.05) is 0 Å². The molecule has 1 atom stereocenters. The van der Waals surface area contributed by atoms with Gasteiger partial charge in [0.2, 0.25) is 5.60 Å². The van der Waals surface area contributed by atoms with Crippen molar-refractivity contribution in [1.82, 2.24) is 10.3 Å². The zero-order valence-corrected chi connectivity index (χ0v) is 16.1. The third kappa shape index (κ3) is 3.73. The zero-order chi connectivity index (χ0) is 22.3. The van der Waals surface area contributed by atoms with Gasteiger partial charge >= 0.3 is 0 Å². The van der Waals surface area contributed by atoms with Gasteiger partial charge in [-0.15, -0.1) is 0 Å². The van der Waals surface area contributed by atoms with Crippen molar-refractivity contribution >= 4 is 34.3 Å². The number of halogens is 2. The average molecular weight is 428 g/mol. The van der Waals surface area contributed by atoms with Gasteiger partial charge in [0.25, 0.3) is 17.7 Å². The van der Waals surface area contributed by atoms with Crippen LogP contribution >= 0.6 is 0 Å². The molecule has 0 saturated carbocycles. The summed E-state index contributed by atoms with van der Waals surface area (Å²) in [6.45, 7) is -0.176. The number of primary amides is 1. The van der Waals surface area contributed by atoms with E-state index in [9.17, 15) is 28.3 Å². The van der Waals surface area contributed by atoms with Crippen molar-refractivity contribution in [2.45, 2.75) is 18.6 Å². The van der Waals surface area contributed by atoms with E-state index in [0.717, 1.165) is 12.1 Å². The topological polar surface area (TPSA) is 129 Å². The SMILES string of the molecule is NC(=O)c1cc2cc(N3CC[C@](O)(C(=O)NCc4cc(F)cc(F)c4)C3=O)ccc2[nH]1. The first-order valence-corrected chi connectivity index (χ1v) is 9.37. The molecule has 0 aliphatic carbocycles. The molecule has 1 aliphatic rings. The number of aromatic amines is 1. The molecule has 3 aromatic rings. The molecule has 2 aromatic carbocycles. The Bertz CT molecular complexity index is 1210. The largest absolute Gasteiger partial charge is 0.372 e. The number of aromatic nitrogens is 1. The number of carbonyl (C=O) groups excluding carboxylic acids is 3. The molecule has 160 valence electrons. The lowest BCUT2D eigenvalue weighted by atomic mass is 10.0. The Morgan fingerprint density at radius 3 is 2.55 bits per heavy atom. The summed E-state index contributed by atoms with van der Waals surface area (Å²) in [6, 6.07) is 9.23. The minimum absolute atomic E-state index is 0.0793. The van der Waals surface area contributed by atoms with Crippen molar-refractivity contribution in [3.63, 3.8) is 0 Å². The number of aliphatic hydroxyl groups is 1. The molecule has 1 aromatic heterocycles. The minimum atomic E-state index is -2.31. The van der Waals surface area contributed by atoms with Gasteiger partial charge < -0.3 is 26.0 Å². The maximum Gasteiger partial charge on any atom is 0.268 e. The Hall–Kier alpha value is -3.79. The number of nitrogens with two attached hydrogens (primary N) is 1. The fourth-order valence-electron chi connectivity index (χ4n) is 3.62. The van der Waals surface area contributed by atoms with E-state index in [-0.39, 0.29) is 30.8 Å². The van der Waals surface area contributed by atoms with Gasteiger partial charge in [-0.05, 0) is 42.0 Å². The van der Waals surface area contributed by atoms with Crippen LogP contribution in [0.3, 0.4) is 0 Å². The molecule has 4 rings (SSSR count). The lowest BCUT2D eigenvalue weighted by molar-refractivity contribution is -0.149. The van der Waals surface area contributed by atoms with Crippen LogP contribution in [0.1, 0.15) is 22.5 Å². The number of nitrogens with one attached hydrogen (secondary N) is 2. The molecule has 5 N–H and O–H groups in total. The van der Waals surface area contributed by atoms with Crippen molar-refractivity contribution < 1.29 is 28.3 Å². The molecule has 0 unspecified atom stereocenters. The minimum Gasteiger partial charge on any atom is -0.372 e. The van der Waals surface area contributed by atoms with E-state index in [1.165, 1.54) is 4.90 Å². The number of amides is 3. The fraction of sp³-hybridized carbons (Fsp3) is 0.190. The van der Waals surface area contributed by atoms with Crippen molar-refractivity contribution in [2.24, 2.45) is 5.73 Å². The second-order valence-electron chi connectivity index (χ2n) is 7.35. The number of fused-ring (bicyclic) bond motifs is 1. The van der Waals surface area contributed by atoms with Crippen molar-refractivity contribution in [1.29, 1.82) is 0 Å². The summed E-state index contributed by atoms with van der Waals surface area (Å²) >= 11 is 0. The maximum atomic E-state index is 13.3. The Balaban J connectivity index is 1.51. The summed E-state index contributed by atoms with van der Waals surface area (Å²) in [4.78, 5) is 40.8. The van der Waals surface area contributed by atoms with Gasteiger partial charge in [0.15, 0.2) is 0 Å². The summed E-state index contributed by atoms with van der Waals surface area (Å²) < 4.78 is 26.6. The van der Waals surface area contributed by atoms with Crippen LogP contribution in [-0.4, -0.2) is 40.0 Å². The number of hydrogen-bond acceptors (Lipinski definition) is 4. The highest BCUT2D eigenvalue weighted by atomic mass is 19.1. The van der Waals surface area contributed by atoms with Crippen molar-refractivity contribution in [3.8, 4) is 0 Å². The standard InChI is InChI=1S/C21H18F2N4O4/c22-13-5-11(6-14(23)9-13)10-25-19(29)21(31)3-4-27(20(21)30)15-1-2-16-12(7-15)8-17(26-16)18(24)28/h1-2,5-9,26,31H,3-4,10H2,(H2,24,28)(H,25,29)/t21-/m0/s1.